The molecule has 0 bridgehead atoms. The number of oxime groups is 1. The van der Waals surface area contributed by atoms with Gasteiger partial charge >= 0.3 is 0 Å². The predicted molar refractivity (Wildman–Crippen MR) is 69.8 cm³/mol. The normalized spacial score (nSPS) is 21.2. The minimum atomic E-state index is 0.0529. The fourth-order valence-corrected chi connectivity index (χ4v) is 2.38. The first-order valence-corrected chi connectivity index (χ1v) is 6.09. The first kappa shape index (κ1) is 12.7. The van der Waals surface area contributed by atoms with Crippen LogP contribution in [-0.4, -0.2) is 35.6 Å². The SMILES string of the molecule is COc1ccc(CN2CCCC2C(N)=NO)cc1. The predicted octanol–water partition coefficient (Wildman–Crippen LogP) is 1.41. The van der Waals surface area contributed by atoms with Crippen molar-refractivity contribution in [3.63, 3.8) is 0 Å². The van der Waals surface area contributed by atoms with Crippen LogP contribution in [0, 0.1) is 0 Å². The summed E-state index contributed by atoms with van der Waals surface area (Å²) in [6.07, 6.45) is 2.03. The van der Waals surface area contributed by atoms with Gasteiger partial charge in [0, 0.05) is 6.54 Å². The van der Waals surface area contributed by atoms with Crippen LogP contribution in [0.25, 0.3) is 0 Å². The summed E-state index contributed by atoms with van der Waals surface area (Å²) in [6.45, 7) is 1.79. The van der Waals surface area contributed by atoms with E-state index in [1.54, 1.807) is 7.11 Å². The highest BCUT2D eigenvalue weighted by Gasteiger charge is 2.27. The van der Waals surface area contributed by atoms with Crippen LogP contribution in [0.5, 0.6) is 5.75 Å². The summed E-state index contributed by atoms with van der Waals surface area (Å²) in [5.74, 6) is 1.16. The average Bonchev–Trinajstić information content (AvgIpc) is 2.87. The Kier molecular flexibility index (Phi) is 4.04. The summed E-state index contributed by atoms with van der Waals surface area (Å²) >= 11 is 0. The van der Waals surface area contributed by atoms with E-state index in [-0.39, 0.29) is 6.04 Å². The summed E-state index contributed by atoms with van der Waals surface area (Å²) in [4.78, 5) is 2.23. The molecule has 1 aliphatic rings. The topological polar surface area (TPSA) is 71.1 Å². The van der Waals surface area contributed by atoms with Crippen molar-refractivity contribution in [2.24, 2.45) is 10.9 Å². The summed E-state index contributed by atoms with van der Waals surface area (Å²) in [5.41, 5.74) is 6.91. The molecule has 1 aromatic carbocycles. The number of nitrogens with two attached hydrogens (primary N) is 1. The first-order valence-electron chi connectivity index (χ1n) is 6.09. The van der Waals surface area contributed by atoms with E-state index in [1.807, 2.05) is 24.3 Å². The molecule has 1 aliphatic heterocycles. The smallest absolute Gasteiger partial charge is 0.156 e. The van der Waals surface area contributed by atoms with Gasteiger partial charge in [0.05, 0.1) is 13.2 Å². The number of hydrogen-bond donors (Lipinski definition) is 2. The van der Waals surface area contributed by atoms with E-state index in [2.05, 4.69) is 10.1 Å². The third-order valence-corrected chi connectivity index (χ3v) is 3.37. The van der Waals surface area contributed by atoms with Gasteiger partial charge < -0.3 is 15.7 Å². The molecule has 0 radical (unpaired) electrons. The minimum absolute atomic E-state index is 0.0529. The summed E-state index contributed by atoms with van der Waals surface area (Å²) in [7, 11) is 1.66. The monoisotopic (exact) mass is 249 g/mol. The van der Waals surface area contributed by atoms with Gasteiger partial charge in [0.2, 0.25) is 0 Å². The molecule has 1 heterocycles. The molecule has 2 rings (SSSR count). The summed E-state index contributed by atoms with van der Waals surface area (Å²) in [5, 5.41) is 11.9. The van der Waals surface area contributed by atoms with Gasteiger partial charge in [-0.05, 0) is 37.1 Å². The zero-order chi connectivity index (χ0) is 13.0. The average molecular weight is 249 g/mol. The van der Waals surface area contributed by atoms with E-state index in [4.69, 9.17) is 15.7 Å². The quantitative estimate of drug-likeness (QED) is 0.366. The second-order valence-electron chi connectivity index (χ2n) is 4.50. The van der Waals surface area contributed by atoms with E-state index in [0.29, 0.717) is 5.84 Å². The number of hydrogen-bond acceptors (Lipinski definition) is 4. The fraction of sp³-hybridized carbons (Fsp3) is 0.462. The van der Waals surface area contributed by atoms with Crippen LogP contribution < -0.4 is 10.5 Å². The van der Waals surface area contributed by atoms with Crippen molar-refractivity contribution in [3.8, 4) is 5.75 Å². The molecule has 5 heteroatoms. The second kappa shape index (κ2) is 5.73. The Bertz CT molecular complexity index is 417. The number of ether oxygens (including phenoxy) is 1. The number of amidine groups is 1. The van der Waals surface area contributed by atoms with Crippen molar-refractivity contribution in [1.29, 1.82) is 0 Å². The maximum atomic E-state index is 8.77. The van der Waals surface area contributed by atoms with E-state index in [1.165, 1.54) is 5.56 Å². The lowest BCUT2D eigenvalue weighted by Gasteiger charge is -2.23. The van der Waals surface area contributed by atoms with Crippen LogP contribution in [0.4, 0.5) is 0 Å². The zero-order valence-corrected chi connectivity index (χ0v) is 10.5. The molecule has 5 nitrogen and oxygen atoms in total. The summed E-state index contributed by atoms with van der Waals surface area (Å²) in [6, 6.07) is 8.03. The number of methoxy groups -OCH3 is 1. The third kappa shape index (κ3) is 2.73. The lowest BCUT2D eigenvalue weighted by atomic mass is 10.1. The second-order valence-corrected chi connectivity index (χ2v) is 4.50. The molecule has 98 valence electrons. The fourth-order valence-electron chi connectivity index (χ4n) is 2.38. The molecule has 1 aromatic rings. The highest BCUT2D eigenvalue weighted by molar-refractivity contribution is 5.85. The van der Waals surface area contributed by atoms with Crippen LogP contribution in [0.15, 0.2) is 29.4 Å². The molecule has 1 saturated heterocycles. The highest BCUT2D eigenvalue weighted by Crippen LogP contribution is 2.21. The molecule has 3 N–H and O–H groups in total. The van der Waals surface area contributed by atoms with Gasteiger partial charge in [-0.15, -0.1) is 0 Å². The molecule has 1 unspecified atom stereocenters. The third-order valence-electron chi connectivity index (χ3n) is 3.37. The molecule has 0 saturated carbocycles. The Labute approximate surface area is 107 Å². The van der Waals surface area contributed by atoms with Crippen LogP contribution in [0.1, 0.15) is 18.4 Å². The van der Waals surface area contributed by atoms with Gasteiger partial charge in [-0.2, -0.15) is 0 Å². The Morgan fingerprint density at radius 1 is 1.50 bits per heavy atom. The molecule has 18 heavy (non-hydrogen) atoms. The molecule has 0 spiro atoms. The van der Waals surface area contributed by atoms with Crippen molar-refractivity contribution < 1.29 is 9.94 Å². The van der Waals surface area contributed by atoms with Crippen molar-refractivity contribution >= 4 is 5.84 Å². The van der Waals surface area contributed by atoms with Gasteiger partial charge in [0.15, 0.2) is 5.84 Å². The molecule has 0 aromatic heterocycles. The lowest BCUT2D eigenvalue weighted by molar-refractivity contribution is 0.274. The first-order chi connectivity index (χ1) is 8.74. The number of rotatable bonds is 4. The van der Waals surface area contributed by atoms with E-state index >= 15 is 0 Å². The summed E-state index contributed by atoms with van der Waals surface area (Å²) < 4.78 is 5.13. The zero-order valence-electron chi connectivity index (χ0n) is 10.5. The van der Waals surface area contributed by atoms with Gasteiger partial charge in [0.25, 0.3) is 0 Å². The number of nitrogens with zero attached hydrogens (tertiary/aromatic N) is 2. The lowest BCUT2D eigenvalue weighted by Crippen LogP contribution is -2.40. The Morgan fingerprint density at radius 2 is 2.22 bits per heavy atom. The molecule has 1 atom stereocenters. The van der Waals surface area contributed by atoms with Gasteiger partial charge in [-0.25, -0.2) is 0 Å². The molecule has 0 amide bonds. The highest BCUT2D eigenvalue weighted by atomic mass is 16.5. The number of benzene rings is 1. The largest absolute Gasteiger partial charge is 0.497 e. The van der Waals surface area contributed by atoms with Gasteiger partial charge in [-0.3, -0.25) is 4.90 Å². The van der Waals surface area contributed by atoms with Crippen molar-refractivity contribution in [1.82, 2.24) is 4.90 Å². The Balaban J connectivity index is 2.03. The maximum absolute atomic E-state index is 8.77. The standard InChI is InChI=1S/C13H19N3O2/c1-18-11-6-4-10(5-7-11)9-16-8-2-3-12(16)13(14)15-17/h4-7,12,17H,2-3,8-9H2,1H3,(H2,14,15). The van der Waals surface area contributed by atoms with Crippen molar-refractivity contribution in [2.45, 2.75) is 25.4 Å². The molecular weight excluding hydrogens is 230 g/mol. The van der Waals surface area contributed by atoms with E-state index < -0.39 is 0 Å². The van der Waals surface area contributed by atoms with E-state index in [9.17, 15) is 0 Å². The van der Waals surface area contributed by atoms with Crippen LogP contribution in [0.3, 0.4) is 0 Å². The molecule has 1 fully saturated rings. The van der Waals surface area contributed by atoms with Crippen LogP contribution in [0.2, 0.25) is 0 Å². The Morgan fingerprint density at radius 3 is 2.83 bits per heavy atom. The molecular formula is C13H19N3O2. The minimum Gasteiger partial charge on any atom is -0.497 e. The number of likely N-dealkylation sites (tertiary alicyclic amines) is 1. The Hall–Kier alpha value is -1.75. The van der Waals surface area contributed by atoms with Gasteiger partial charge in [0.1, 0.15) is 5.75 Å². The maximum Gasteiger partial charge on any atom is 0.156 e. The van der Waals surface area contributed by atoms with Crippen molar-refractivity contribution in [3.05, 3.63) is 29.8 Å². The van der Waals surface area contributed by atoms with E-state index in [0.717, 1.165) is 31.7 Å². The van der Waals surface area contributed by atoms with Crippen LogP contribution >= 0.6 is 0 Å². The molecule has 0 aliphatic carbocycles. The van der Waals surface area contributed by atoms with Crippen LogP contribution in [-0.2, 0) is 6.54 Å². The van der Waals surface area contributed by atoms with Gasteiger partial charge in [-0.1, -0.05) is 17.3 Å². The van der Waals surface area contributed by atoms with Crippen molar-refractivity contribution in [2.75, 3.05) is 13.7 Å².